The molecule has 2 N–H and O–H groups in total. The molecule has 0 fully saturated rings. The van der Waals surface area contributed by atoms with E-state index in [0.717, 1.165) is 29.8 Å². The van der Waals surface area contributed by atoms with Crippen LogP contribution in [-0.2, 0) is 43.4 Å². The molecule has 0 aromatic carbocycles. The number of methoxy groups -OCH3 is 2. The van der Waals surface area contributed by atoms with Gasteiger partial charge < -0.3 is 25.1 Å². The van der Waals surface area contributed by atoms with Gasteiger partial charge in [0, 0.05) is 45.3 Å². The topological polar surface area (TPSA) is 141 Å². The lowest BCUT2D eigenvalue weighted by molar-refractivity contribution is -0.311. The van der Waals surface area contributed by atoms with Gasteiger partial charge in [0.1, 0.15) is 12.1 Å². The van der Waals surface area contributed by atoms with Crippen molar-refractivity contribution in [3.8, 4) is 0 Å². The number of aliphatic carboxylic acids is 1. The minimum atomic E-state index is -1.18. The fourth-order valence-electron chi connectivity index (χ4n) is 4.69. The number of nitrogens with zero attached hydrogens (tertiary/aromatic N) is 4. The Bertz CT molecular complexity index is 913. The minimum Gasteiger partial charge on any atom is -0.548 e. The van der Waals surface area contributed by atoms with Gasteiger partial charge in [0.15, 0.2) is 0 Å². The fraction of sp³-hybridized carbons (Fsp3) is 0.692. The number of aromatic nitrogens is 1. The molecule has 208 valence electrons. The molecule has 0 saturated carbocycles. The first-order chi connectivity index (χ1) is 17.6. The van der Waals surface area contributed by atoms with Gasteiger partial charge in [-0.15, -0.1) is 0 Å². The third-order valence-electron chi connectivity index (χ3n) is 7.02. The van der Waals surface area contributed by atoms with Crippen LogP contribution in [0.15, 0.2) is 12.1 Å². The highest BCUT2D eigenvalue weighted by molar-refractivity contribution is 5.75. The van der Waals surface area contributed by atoms with Crippen LogP contribution >= 0.6 is 0 Å². The van der Waals surface area contributed by atoms with Crippen LogP contribution in [0.5, 0.6) is 0 Å². The van der Waals surface area contributed by atoms with E-state index in [9.17, 15) is 19.5 Å². The molecule has 3 atom stereocenters. The van der Waals surface area contributed by atoms with Crippen molar-refractivity contribution < 1.29 is 29.0 Å². The first kappa shape index (κ1) is 30.6. The summed E-state index contributed by atoms with van der Waals surface area (Å²) in [5.41, 5.74) is 8.41. The van der Waals surface area contributed by atoms with Crippen LogP contribution in [0.2, 0.25) is 0 Å². The van der Waals surface area contributed by atoms with E-state index in [0.29, 0.717) is 52.2 Å². The van der Waals surface area contributed by atoms with E-state index >= 15 is 0 Å². The number of fused-ring (bicyclic) bond motifs is 2. The van der Waals surface area contributed by atoms with Crippen LogP contribution in [-0.4, -0.2) is 103 Å². The molecule has 2 bridgehead atoms. The summed E-state index contributed by atoms with van der Waals surface area (Å²) in [6.07, 6.45) is 2.15. The number of carbonyl (C=O) groups is 3. The van der Waals surface area contributed by atoms with Crippen LogP contribution in [0.4, 0.5) is 0 Å². The lowest BCUT2D eigenvalue weighted by atomic mass is 10.1. The number of carboxylic acid groups (broad SMARTS) is 1. The number of hydrogen-bond acceptors (Lipinski definition) is 11. The molecule has 1 aromatic rings. The van der Waals surface area contributed by atoms with Crippen LogP contribution in [0, 0.1) is 0 Å². The Kier molecular flexibility index (Phi) is 12.4. The Balaban J connectivity index is 2.55. The highest BCUT2D eigenvalue weighted by atomic mass is 16.5. The van der Waals surface area contributed by atoms with E-state index in [4.69, 9.17) is 20.2 Å². The van der Waals surface area contributed by atoms with E-state index < -0.39 is 24.1 Å². The summed E-state index contributed by atoms with van der Waals surface area (Å²) in [4.78, 5) is 47.5. The molecule has 3 unspecified atom stereocenters. The van der Waals surface area contributed by atoms with Gasteiger partial charge in [-0.25, -0.2) is 0 Å². The van der Waals surface area contributed by atoms with Gasteiger partial charge in [0.2, 0.25) is 0 Å². The van der Waals surface area contributed by atoms with Gasteiger partial charge in [-0.1, -0.05) is 6.92 Å². The van der Waals surface area contributed by atoms with Gasteiger partial charge >= 0.3 is 11.9 Å². The number of hydrogen-bond donors (Lipinski definition) is 1. The molecule has 0 amide bonds. The number of aryl methyl sites for hydroxylation is 1. The Morgan fingerprint density at radius 2 is 1.49 bits per heavy atom. The largest absolute Gasteiger partial charge is 0.548 e. The highest BCUT2D eigenvalue weighted by Crippen LogP contribution is 2.18. The standard InChI is InChI=1S/C26H43N5O6/c1-6-23(26(35)37-5)31-13-11-29(18(2)24(32)33)10-12-30(19(3)25(34)36-4)16-21-14-20(8-7-9-27)15-22(17-31)28-21/h14-15,18-19,23H,6-13,16-17,27H2,1-5H3,(H,32,33)/p-1. The summed E-state index contributed by atoms with van der Waals surface area (Å²) in [7, 11) is 2.72. The van der Waals surface area contributed by atoms with E-state index in [1.807, 2.05) is 28.9 Å². The molecule has 11 heteroatoms. The number of esters is 2. The molecular weight excluding hydrogens is 478 g/mol. The maximum absolute atomic E-state index is 12.6. The first-order valence-corrected chi connectivity index (χ1v) is 12.9. The average Bonchev–Trinajstić information content (AvgIpc) is 2.89. The maximum atomic E-state index is 12.6. The van der Waals surface area contributed by atoms with Crippen molar-refractivity contribution in [2.24, 2.45) is 5.73 Å². The summed E-state index contributed by atoms with van der Waals surface area (Å²) >= 11 is 0. The number of ether oxygens (including phenoxy) is 2. The third-order valence-corrected chi connectivity index (χ3v) is 7.02. The summed E-state index contributed by atoms with van der Waals surface area (Å²) in [6.45, 7) is 8.19. The van der Waals surface area contributed by atoms with E-state index in [2.05, 4.69) is 0 Å². The maximum Gasteiger partial charge on any atom is 0.323 e. The molecule has 0 aliphatic carbocycles. The molecule has 0 spiro atoms. The summed E-state index contributed by atoms with van der Waals surface area (Å²) in [5, 5.41) is 11.8. The van der Waals surface area contributed by atoms with Gasteiger partial charge in [-0.3, -0.25) is 29.3 Å². The smallest absolute Gasteiger partial charge is 0.323 e. The SMILES string of the molecule is CCC(C(=O)OC)N1CCN(C(C)C(=O)[O-])CCN(C(C)C(=O)OC)Cc2cc(CCCN)cc(n2)C1. The van der Waals surface area contributed by atoms with Crippen molar-refractivity contribution in [2.75, 3.05) is 46.9 Å². The van der Waals surface area contributed by atoms with Gasteiger partial charge in [-0.2, -0.15) is 0 Å². The zero-order valence-corrected chi connectivity index (χ0v) is 22.8. The second-order valence-corrected chi connectivity index (χ2v) is 9.47. The first-order valence-electron chi connectivity index (χ1n) is 12.9. The normalized spacial score (nSPS) is 18.6. The molecule has 0 saturated heterocycles. The predicted octanol–water partition coefficient (Wildman–Crippen LogP) is -0.456. The van der Waals surface area contributed by atoms with Crippen LogP contribution < -0.4 is 10.8 Å². The third kappa shape index (κ3) is 8.74. The van der Waals surface area contributed by atoms with Gasteiger partial charge in [0.25, 0.3) is 0 Å². The van der Waals surface area contributed by atoms with Crippen molar-refractivity contribution in [2.45, 2.75) is 71.2 Å². The second-order valence-electron chi connectivity index (χ2n) is 9.47. The van der Waals surface area contributed by atoms with E-state index in [-0.39, 0.29) is 11.9 Å². The fourth-order valence-corrected chi connectivity index (χ4v) is 4.69. The van der Waals surface area contributed by atoms with Gasteiger partial charge in [0.05, 0.1) is 31.6 Å². The molecular formula is C26H42N5O6-. The molecule has 11 nitrogen and oxygen atoms in total. The molecule has 0 radical (unpaired) electrons. The molecule has 2 heterocycles. The average molecular weight is 521 g/mol. The van der Waals surface area contributed by atoms with Crippen molar-refractivity contribution in [1.82, 2.24) is 19.7 Å². The molecule has 2 rings (SSSR count). The second kappa shape index (κ2) is 15.0. The van der Waals surface area contributed by atoms with Crippen molar-refractivity contribution in [3.05, 3.63) is 29.1 Å². The number of nitrogens with two attached hydrogens (primary N) is 1. The Morgan fingerprint density at radius 3 is 2.00 bits per heavy atom. The lowest BCUT2D eigenvalue weighted by Crippen LogP contribution is -2.53. The van der Waals surface area contributed by atoms with Gasteiger partial charge in [-0.05, 0) is 57.4 Å². The highest BCUT2D eigenvalue weighted by Gasteiger charge is 2.29. The van der Waals surface area contributed by atoms with Crippen LogP contribution in [0.3, 0.4) is 0 Å². The number of pyridine rings is 1. The number of rotatable bonds is 10. The molecule has 1 aliphatic rings. The van der Waals surface area contributed by atoms with Crippen LogP contribution in [0.25, 0.3) is 0 Å². The summed E-state index contributed by atoms with van der Waals surface area (Å²) in [5.74, 6) is -1.89. The predicted molar refractivity (Wildman–Crippen MR) is 136 cm³/mol. The van der Waals surface area contributed by atoms with E-state index in [1.54, 1.807) is 18.7 Å². The Morgan fingerprint density at radius 1 is 0.946 bits per heavy atom. The van der Waals surface area contributed by atoms with Crippen LogP contribution in [0.1, 0.15) is 50.6 Å². The Hall–Kier alpha value is -2.60. The lowest BCUT2D eigenvalue weighted by Gasteiger charge is -2.37. The van der Waals surface area contributed by atoms with Crippen molar-refractivity contribution in [1.29, 1.82) is 0 Å². The zero-order valence-electron chi connectivity index (χ0n) is 22.8. The van der Waals surface area contributed by atoms with E-state index in [1.165, 1.54) is 14.2 Å². The Labute approximate surface area is 219 Å². The molecule has 1 aromatic heterocycles. The summed E-state index contributed by atoms with van der Waals surface area (Å²) < 4.78 is 10.0. The zero-order chi connectivity index (χ0) is 27.5. The van der Waals surface area contributed by atoms with Crippen molar-refractivity contribution in [3.63, 3.8) is 0 Å². The van der Waals surface area contributed by atoms with Crippen molar-refractivity contribution >= 4 is 17.9 Å². The summed E-state index contributed by atoms with van der Waals surface area (Å²) in [6, 6.07) is 2.15. The molecule has 1 aliphatic heterocycles. The quantitative estimate of drug-likeness (QED) is 0.401. The number of carbonyl (C=O) groups excluding carboxylic acids is 3. The number of carboxylic acids is 1. The monoisotopic (exact) mass is 520 g/mol. The molecule has 37 heavy (non-hydrogen) atoms. The minimum absolute atomic E-state index is 0.341.